The minimum absolute atomic E-state index is 0.197. The van der Waals surface area contributed by atoms with Crippen molar-refractivity contribution in [3.8, 4) is 5.69 Å². The van der Waals surface area contributed by atoms with Crippen LogP contribution in [0.4, 0.5) is 0 Å². The summed E-state index contributed by atoms with van der Waals surface area (Å²) in [7, 11) is -3.89. The maximum Gasteiger partial charge on any atom is 0.272 e. The SMILES string of the molecule is CCCCCC[C@H](O)[C@H](CCCCCC)S(=O)(=O)c1nnnn1-c1ccccc1. The van der Waals surface area contributed by atoms with Crippen molar-refractivity contribution in [2.24, 2.45) is 0 Å². The van der Waals surface area contributed by atoms with Gasteiger partial charge in [0, 0.05) is 0 Å². The van der Waals surface area contributed by atoms with Gasteiger partial charge in [-0.15, -0.1) is 0 Å². The number of benzene rings is 1. The third kappa shape index (κ3) is 6.60. The van der Waals surface area contributed by atoms with Gasteiger partial charge in [0.15, 0.2) is 0 Å². The molecule has 7 nitrogen and oxygen atoms in total. The molecule has 0 saturated carbocycles. The van der Waals surface area contributed by atoms with Crippen LogP contribution in [0.1, 0.15) is 78.1 Å². The summed E-state index contributed by atoms with van der Waals surface area (Å²) in [5.41, 5.74) is 0.582. The molecule has 0 radical (unpaired) electrons. The maximum absolute atomic E-state index is 13.5. The Morgan fingerprint density at radius 3 is 2.17 bits per heavy atom. The van der Waals surface area contributed by atoms with Gasteiger partial charge in [-0.25, -0.2) is 8.42 Å². The number of para-hydroxylation sites is 1. The lowest BCUT2D eigenvalue weighted by Gasteiger charge is -2.22. The minimum Gasteiger partial charge on any atom is -0.392 e. The van der Waals surface area contributed by atoms with Crippen LogP contribution in [0.5, 0.6) is 0 Å². The van der Waals surface area contributed by atoms with Crippen molar-refractivity contribution in [2.75, 3.05) is 0 Å². The highest BCUT2D eigenvalue weighted by atomic mass is 32.2. The van der Waals surface area contributed by atoms with Crippen LogP contribution >= 0.6 is 0 Å². The normalized spacial score (nSPS) is 14.0. The number of hydrogen-bond donors (Lipinski definition) is 1. The molecule has 0 aliphatic rings. The predicted molar refractivity (Wildman–Crippen MR) is 114 cm³/mol. The van der Waals surface area contributed by atoms with Crippen molar-refractivity contribution in [3.63, 3.8) is 0 Å². The fourth-order valence-electron chi connectivity index (χ4n) is 3.52. The fraction of sp³-hybridized carbons (Fsp3) is 0.667. The topological polar surface area (TPSA) is 98.0 Å². The standard InChI is InChI=1S/C21H34N4O3S/c1-3-5-7-12-16-19(26)20(17-13-8-6-4-2)29(27,28)21-22-23-24-25(21)18-14-10-9-11-15-18/h9-11,14-15,19-20,26H,3-8,12-13,16-17H2,1-2H3/t19-,20-/m0/s1. The molecular weight excluding hydrogens is 388 g/mol. The first-order valence-electron chi connectivity index (χ1n) is 10.8. The molecule has 1 heterocycles. The van der Waals surface area contributed by atoms with Gasteiger partial charge in [0.1, 0.15) is 0 Å². The molecule has 2 atom stereocenters. The third-order valence-corrected chi connectivity index (χ3v) is 7.33. The number of rotatable bonds is 14. The van der Waals surface area contributed by atoms with Crippen LogP contribution in [0.3, 0.4) is 0 Å². The van der Waals surface area contributed by atoms with E-state index in [1.54, 1.807) is 24.3 Å². The molecule has 0 spiro atoms. The van der Waals surface area contributed by atoms with Gasteiger partial charge < -0.3 is 5.11 Å². The van der Waals surface area contributed by atoms with Crippen molar-refractivity contribution in [2.45, 2.75) is 94.6 Å². The second-order valence-corrected chi connectivity index (χ2v) is 9.62. The first kappa shape index (κ1) is 23.5. The first-order valence-corrected chi connectivity index (χ1v) is 12.3. The van der Waals surface area contributed by atoms with Crippen LogP contribution in [0.15, 0.2) is 35.5 Å². The highest BCUT2D eigenvalue weighted by Crippen LogP contribution is 2.25. The molecule has 2 rings (SSSR count). The molecule has 0 amide bonds. The summed E-state index contributed by atoms with van der Waals surface area (Å²) in [6, 6.07) is 8.97. The number of tetrazole rings is 1. The van der Waals surface area contributed by atoms with E-state index in [0.717, 1.165) is 51.4 Å². The van der Waals surface area contributed by atoms with Crippen molar-refractivity contribution in [1.82, 2.24) is 20.2 Å². The number of nitrogens with zero attached hydrogens (tertiary/aromatic N) is 4. The van der Waals surface area contributed by atoms with Gasteiger partial charge in [-0.3, -0.25) is 0 Å². The molecular formula is C21H34N4O3S. The Kier molecular flexibility index (Phi) is 9.73. The molecule has 0 bridgehead atoms. The summed E-state index contributed by atoms with van der Waals surface area (Å²) >= 11 is 0. The number of sulfone groups is 1. The molecule has 0 fully saturated rings. The summed E-state index contributed by atoms with van der Waals surface area (Å²) < 4.78 is 28.2. The van der Waals surface area contributed by atoms with Crippen LogP contribution in [-0.4, -0.2) is 45.1 Å². The minimum atomic E-state index is -3.89. The molecule has 0 saturated heterocycles. The number of unbranched alkanes of at least 4 members (excludes halogenated alkanes) is 6. The van der Waals surface area contributed by atoms with Gasteiger partial charge in [-0.05, 0) is 35.4 Å². The zero-order chi connectivity index (χ0) is 21.1. The van der Waals surface area contributed by atoms with Gasteiger partial charge >= 0.3 is 0 Å². The Morgan fingerprint density at radius 2 is 1.55 bits per heavy atom. The van der Waals surface area contributed by atoms with E-state index in [2.05, 4.69) is 29.4 Å². The maximum atomic E-state index is 13.5. The van der Waals surface area contributed by atoms with E-state index in [9.17, 15) is 13.5 Å². The Hall–Kier alpha value is -1.80. The largest absolute Gasteiger partial charge is 0.392 e. The average Bonchev–Trinajstić information content (AvgIpc) is 3.22. The van der Waals surface area contributed by atoms with E-state index in [-0.39, 0.29) is 5.16 Å². The lowest BCUT2D eigenvalue weighted by atomic mass is 10.0. The molecule has 0 unspecified atom stereocenters. The van der Waals surface area contributed by atoms with Crippen molar-refractivity contribution in [1.29, 1.82) is 0 Å². The molecule has 1 aromatic heterocycles. The van der Waals surface area contributed by atoms with Gasteiger partial charge in [-0.2, -0.15) is 4.68 Å². The Morgan fingerprint density at radius 1 is 0.931 bits per heavy atom. The van der Waals surface area contributed by atoms with E-state index in [1.165, 1.54) is 4.68 Å². The van der Waals surface area contributed by atoms with Gasteiger partial charge in [-0.1, -0.05) is 88.5 Å². The Balaban J connectivity index is 2.24. The Labute approximate surface area is 174 Å². The highest BCUT2D eigenvalue weighted by Gasteiger charge is 2.37. The lowest BCUT2D eigenvalue weighted by Crippen LogP contribution is -2.36. The quantitative estimate of drug-likeness (QED) is 0.460. The summed E-state index contributed by atoms with van der Waals surface area (Å²) in [4.78, 5) is 0. The van der Waals surface area contributed by atoms with E-state index in [1.807, 2.05) is 6.07 Å². The number of aliphatic hydroxyl groups excluding tert-OH is 1. The smallest absolute Gasteiger partial charge is 0.272 e. The van der Waals surface area contributed by atoms with Gasteiger partial charge in [0.25, 0.3) is 5.16 Å². The van der Waals surface area contributed by atoms with E-state index in [4.69, 9.17) is 0 Å². The summed E-state index contributed by atoms with van der Waals surface area (Å²) in [5, 5.41) is 21.0. The molecule has 1 aromatic carbocycles. The molecule has 162 valence electrons. The van der Waals surface area contributed by atoms with Crippen molar-refractivity contribution >= 4 is 9.84 Å². The molecule has 1 N–H and O–H groups in total. The van der Waals surface area contributed by atoms with Gasteiger partial charge in [0.2, 0.25) is 9.84 Å². The second kappa shape index (κ2) is 12.0. The van der Waals surface area contributed by atoms with Crippen molar-refractivity contribution in [3.05, 3.63) is 30.3 Å². The molecule has 0 aliphatic carbocycles. The predicted octanol–water partition coefficient (Wildman–Crippen LogP) is 4.11. The summed E-state index contributed by atoms with van der Waals surface area (Å²) in [5.74, 6) is 0. The molecule has 8 heteroatoms. The van der Waals surface area contributed by atoms with Crippen molar-refractivity contribution < 1.29 is 13.5 Å². The Bertz CT molecular complexity index is 808. The summed E-state index contributed by atoms with van der Waals surface area (Å²) in [6.45, 7) is 4.24. The third-order valence-electron chi connectivity index (χ3n) is 5.22. The lowest BCUT2D eigenvalue weighted by molar-refractivity contribution is 0.149. The summed E-state index contributed by atoms with van der Waals surface area (Å²) in [6.07, 6.45) is 7.82. The van der Waals surface area contributed by atoms with Crippen LogP contribution in [-0.2, 0) is 9.84 Å². The zero-order valence-corrected chi connectivity index (χ0v) is 18.4. The van der Waals surface area contributed by atoms with Crippen LogP contribution in [0, 0.1) is 0 Å². The number of hydrogen-bond acceptors (Lipinski definition) is 6. The molecule has 2 aromatic rings. The average molecular weight is 423 g/mol. The van der Waals surface area contributed by atoms with Crippen LogP contribution in [0.2, 0.25) is 0 Å². The zero-order valence-electron chi connectivity index (χ0n) is 17.6. The molecule has 0 aliphatic heterocycles. The van der Waals surface area contributed by atoms with E-state index < -0.39 is 21.2 Å². The number of aliphatic hydroxyl groups is 1. The monoisotopic (exact) mass is 422 g/mol. The van der Waals surface area contributed by atoms with E-state index >= 15 is 0 Å². The fourth-order valence-corrected chi connectivity index (χ4v) is 5.35. The molecule has 29 heavy (non-hydrogen) atoms. The van der Waals surface area contributed by atoms with Crippen LogP contribution in [0.25, 0.3) is 5.69 Å². The van der Waals surface area contributed by atoms with Gasteiger partial charge in [0.05, 0.1) is 17.0 Å². The van der Waals surface area contributed by atoms with E-state index in [0.29, 0.717) is 18.5 Å². The number of aromatic nitrogens is 4. The highest BCUT2D eigenvalue weighted by molar-refractivity contribution is 7.92. The second-order valence-electron chi connectivity index (χ2n) is 7.56. The first-order chi connectivity index (χ1) is 14.0. The van der Waals surface area contributed by atoms with Crippen LogP contribution < -0.4 is 0 Å².